The monoisotopic (exact) mass is 208 g/mol. The van der Waals surface area contributed by atoms with Gasteiger partial charge in [-0.1, -0.05) is 12.1 Å². The second kappa shape index (κ2) is 4.42. The zero-order valence-electron chi connectivity index (χ0n) is 8.82. The van der Waals surface area contributed by atoms with Crippen LogP contribution in [-0.4, -0.2) is 11.2 Å². The Balaban J connectivity index is 3.05. The van der Waals surface area contributed by atoms with E-state index < -0.39 is 0 Å². The molecule has 2 N–H and O–H groups in total. The molecule has 1 aromatic carbocycles. The van der Waals surface area contributed by atoms with E-state index >= 15 is 0 Å². The fourth-order valence-electron chi connectivity index (χ4n) is 1.46. The van der Waals surface area contributed by atoms with Crippen LogP contribution in [0.25, 0.3) is 0 Å². The average Bonchev–Trinajstić information content (AvgIpc) is 2.02. The molecule has 0 spiro atoms. The molecule has 0 fully saturated rings. The highest BCUT2D eigenvalue weighted by molar-refractivity contribution is 7.80. The number of anilines is 1. The molecule has 0 heterocycles. The fourth-order valence-corrected chi connectivity index (χ4v) is 1.77. The number of thiocarbonyl (C=S) groups is 1. The summed E-state index contributed by atoms with van der Waals surface area (Å²) in [7, 11) is 0. The molecule has 1 aromatic rings. The van der Waals surface area contributed by atoms with Crippen molar-refractivity contribution in [2.24, 2.45) is 5.73 Å². The highest BCUT2D eigenvalue weighted by Gasteiger charge is 2.12. The van der Waals surface area contributed by atoms with Crippen LogP contribution in [0.1, 0.15) is 19.4 Å². The summed E-state index contributed by atoms with van der Waals surface area (Å²) in [5.74, 6) is 0. The van der Waals surface area contributed by atoms with Gasteiger partial charge in [-0.15, -0.1) is 0 Å². The Bertz CT molecular complexity index is 334. The number of benzene rings is 1. The van der Waals surface area contributed by atoms with E-state index in [1.807, 2.05) is 17.0 Å². The van der Waals surface area contributed by atoms with Crippen molar-refractivity contribution in [3.63, 3.8) is 0 Å². The lowest BCUT2D eigenvalue weighted by Gasteiger charge is -2.27. The maximum absolute atomic E-state index is 5.68. The maximum atomic E-state index is 5.68. The first kappa shape index (κ1) is 11.0. The van der Waals surface area contributed by atoms with Crippen molar-refractivity contribution in [1.29, 1.82) is 0 Å². The van der Waals surface area contributed by atoms with Gasteiger partial charge < -0.3 is 10.6 Å². The standard InChI is InChI=1S/C11H16N2S/c1-8(2)13(11(12)14)10-6-4-5-9(3)7-10/h4-8H,1-3H3,(H2,12,14). The molecule has 76 valence electrons. The first-order valence-corrected chi connectivity index (χ1v) is 5.08. The summed E-state index contributed by atoms with van der Waals surface area (Å²) in [6.45, 7) is 6.20. The highest BCUT2D eigenvalue weighted by Crippen LogP contribution is 2.18. The van der Waals surface area contributed by atoms with Crippen molar-refractivity contribution in [1.82, 2.24) is 0 Å². The van der Waals surface area contributed by atoms with Crippen LogP contribution in [-0.2, 0) is 0 Å². The Morgan fingerprint density at radius 3 is 2.50 bits per heavy atom. The molecule has 0 aromatic heterocycles. The third-order valence-electron chi connectivity index (χ3n) is 2.03. The third kappa shape index (κ3) is 2.45. The zero-order valence-corrected chi connectivity index (χ0v) is 9.64. The summed E-state index contributed by atoms with van der Waals surface area (Å²) in [6, 6.07) is 8.46. The molecule has 0 unspecified atom stereocenters. The molecule has 0 atom stereocenters. The third-order valence-corrected chi connectivity index (χ3v) is 2.23. The Morgan fingerprint density at radius 2 is 2.07 bits per heavy atom. The number of aryl methyl sites for hydroxylation is 1. The summed E-state index contributed by atoms with van der Waals surface area (Å²) >= 11 is 5.02. The Kier molecular flexibility index (Phi) is 3.47. The van der Waals surface area contributed by atoms with Gasteiger partial charge in [0.05, 0.1) is 0 Å². The first-order valence-electron chi connectivity index (χ1n) is 4.67. The van der Waals surface area contributed by atoms with Crippen LogP contribution in [0.15, 0.2) is 24.3 Å². The number of nitrogens with two attached hydrogens (primary N) is 1. The van der Waals surface area contributed by atoms with Crippen LogP contribution in [0.4, 0.5) is 5.69 Å². The van der Waals surface area contributed by atoms with E-state index in [9.17, 15) is 0 Å². The molecule has 0 radical (unpaired) electrons. The lowest BCUT2D eigenvalue weighted by Crippen LogP contribution is -2.40. The molecule has 0 aliphatic heterocycles. The van der Waals surface area contributed by atoms with Gasteiger partial charge in [-0.2, -0.15) is 0 Å². The summed E-state index contributed by atoms with van der Waals surface area (Å²) in [5, 5.41) is 0.422. The molecular weight excluding hydrogens is 192 g/mol. The quantitative estimate of drug-likeness (QED) is 0.757. The van der Waals surface area contributed by atoms with Crippen LogP contribution < -0.4 is 10.6 Å². The van der Waals surface area contributed by atoms with Crippen LogP contribution in [0.5, 0.6) is 0 Å². The van der Waals surface area contributed by atoms with Crippen molar-refractivity contribution >= 4 is 23.0 Å². The van der Waals surface area contributed by atoms with Gasteiger partial charge in [-0.25, -0.2) is 0 Å². The van der Waals surface area contributed by atoms with Gasteiger partial charge in [0.1, 0.15) is 0 Å². The Morgan fingerprint density at radius 1 is 1.43 bits per heavy atom. The zero-order chi connectivity index (χ0) is 10.7. The number of rotatable bonds is 2. The van der Waals surface area contributed by atoms with Crippen molar-refractivity contribution in [2.75, 3.05) is 4.90 Å². The van der Waals surface area contributed by atoms with E-state index in [0.717, 1.165) is 5.69 Å². The van der Waals surface area contributed by atoms with Crippen molar-refractivity contribution in [3.05, 3.63) is 29.8 Å². The predicted octanol–water partition coefficient (Wildman–Crippen LogP) is 2.45. The van der Waals surface area contributed by atoms with Crippen molar-refractivity contribution in [3.8, 4) is 0 Å². The minimum absolute atomic E-state index is 0.286. The Hall–Kier alpha value is -1.09. The SMILES string of the molecule is Cc1cccc(N(C(N)=S)C(C)C)c1. The number of hydrogen-bond acceptors (Lipinski definition) is 1. The van der Waals surface area contributed by atoms with E-state index in [0.29, 0.717) is 5.11 Å². The molecule has 3 heteroatoms. The van der Waals surface area contributed by atoms with E-state index in [1.54, 1.807) is 0 Å². The lowest BCUT2D eigenvalue weighted by molar-refractivity contribution is 0.808. The van der Waals surface area contributed by atoms with Gasteiger partial charge >= 0.3 is 0 Å². The average molecular weight is 208 g/mol. The van der Waals surface area contributed by atoms with Crippen molar-refractivity contribution < 1.29 is 0 Å². The van der Waals surface area contributed by atoms with Crippen LogP contribution in [0.3, 0.4) is 0 Å². The van der Waals surface area contributed by atoms with Crippen LogP contribution in [0, 0.1) is 6.92 Å². The van der Waals surface area contributed by atoms with Gasteiger partial charge in [0.15, 0.2) is 5.11 Å². The molecule has 0 bridgehead atoms. The summed E-state index contributed by atoms with van der Waals surface area (Å²) in [4.78, 5) is 1.95. The summed E-state index contributed by atoms with van der Waals surface area (Å²) < 4.78 is 0. The van der Waals surface area contributed by atoms with E-state index in [1.165, 1.54) is 5.56 Å². The molecule has 0 aliphatic rings. The van der Waals surface area contributed by atoms with Gasteiger partial charge in [0.2, 0.25) is 0 Å². The van der Waals surface area contributed by atoms with Gasteiger partial charge in [0.25, 0.3) is 0 Å². The number of nitrogens with zero attached hydrogens (tertiary/aromatic N) is 1. The minimum atomic E-state index is 0.286. The smallest absolute Gasteiger partial charge is 0.171 e. The normalized spacial score (nSPS) is 10.3. The largest absolute Gasteiger partial charge is 0.376 e. The maximum Gasteiger partial charge on any atom is 0.171 e. The fraction of sp³-hybridized carbons (Fsp3) is 0.364. The Labute approximate surface area is 90.7 Å². The van der Waals surface area contributed by atoms with Gasteiger partial charge in [-0.3, -0.25) is 0 Å². The van der Waals surface area contributed by atoms with E-state index in [-0.39, 0.29) is 6.04 Å². The van der Waals surface area contributed by atoms with Gasteiger partial charge in [0, 0.05) is 11.7 Å². The van der Waals surface area contributed by atoms with E-state index in [2.05, 4.69) is 32.9 Å². The molecular formula is C11H16N2S. The molecule has 0 aliphatic carbocycles. The minimum Gasteiger partial charge on any atom is -0.376 e. The van der Waals surface area contributed by atoms with Crippen LogP contribution in [0.2, 0.25) is 0 Å². The molecule has 2 nitrogen and oxygen atoms in total. The second-order valence-corrected chi connectivity index (χ2v) is 4.06. The van der Waals surface area contributed by atoms with Crippen molar-refractivity contribution in [2.45, 2.75) is 26.8 Å². The summed E-state index contributed by atoms with van der Waals surface area (Å²) in [5.41, 5.74) is 7.95. The lowest BCUT2D eigenvalue weighted by atomic mass is 10.2. The van der Waals surface area contributed by atoms with Crippen LogP contribution >= 0.6 is 12.2 Å². The predicted molar refractivity (Wildman–Crippen MR) is 65.6 cm³/mol. The van der Waals surface area contributed by atoms with Gasteiger partial charge in [-0.05, 0) is 50.7 Å². The highest BCUT2D eigenvalue weighted by atomic mass is 32.1. The van der Waals surface area contributed by atoms with E-state index in [4.69, 9.17) is 18.0 Å². The first-order chi connectivity index (χ1) is 6.52. The second-order valence-electron chi connectivity index (χ2n) is 3.64. The summed E-state index contributed by atoms with van der Waals surface area (Å²) in [6.07, 6.45) is 0. The topological polar surface area (TPSA) is 29.3 Å². The molecule has 0 amide bonds. The molecule has 0 saturated heterocycles. The molecule has 14 heavy (non-hydrogen) atoms. The number of hydrogen-bond donors (Lipinski definition) is 1. The molecule has 1 rings (SSSR count). The molecule has 0 saturated carbocycles.